The number of methoxy groups -OCH3 is 1. The lowest BCUT2D eigenvalue weighted by atomic mass is 10.1. The molecule has 0 aliphatic heterocycles. The van der Waals surface area contributed by atoms with E-state index >= 15 is 0 Å². The van der Waals surface area contributed by atoms with E-state index < -0.39 is 4.92 Å². The van der Waals surface area contributed by atoms with Crippen LogP contribution in [-0.2, 0) is 22.5 Å². The van der Waals surface area contributed by atoms with E-state index in [2.05, 4.69) is 4.99 Å². The Kier molecular flexibility index (Phi) is 5.69. The van der Waals surface area contributed by atoms with Crippen molar-refractivity contribution in [1.29, 1.82) is 0 Å². The van der Waals surface area contributed by atoms with Crippen LogP contribution in [0.25, 0.3) is 21.0 Å². The van der Waals surface area contributed by atoms with E-state index in [1.807, 2.05) is 47.0 Å². The van der Waals surface area contributed by atoms with E-state index in [4.69, 9.17) is 4.74 Å². The number of fused-ring (bicyclic) bond motifs is 2. The van der Waals surface area contributed by atoms with E-state index in [0.717, 1.165) is 21.9 Å². The number of carbonyl (C=O) groups is 1. The Hall–Kier alpha value is -3.36. The number of non-ortho nitro benzene ring substituents is 1. The van der Waals surface area contributed by atoms with Crippen molar-refractivity contribution in [3.8, 4) is 0 Å². The number of hydrogen-bond donors (Lipinski definition) is 0. The summed E-state index contributed by atoms with van der Waals surface area (Å²) in [4.78, 5) is 28.2. The van der Waals surface area contributed by atoms with Crippen LogP contribution in [-0.4, -0.2) is 29.1 Å². The molecule has 4 rings (SSSR count). The maximum absolute atomic E-state index is 12.7. The zero-order chi connectivity index (χ0) is 21.1. The predicted molar refractivity (Wildman–Crippen MR) is 117 cm³/mol. The summed E-state index contributed by atoms with van der Waals surface area (Å²) in [5.74, 6) is -0.266. The van der Waals surface area contributed by atoms with Gasteiger partial charge in [-0.2, -0.15) is 4.99 Å². The summed E-state index contributed by atoms with van der Waals surface area (Å²) in [5, 5.41) is 13.3. The number of rotatable bonds is 6. The minimum absolute atomic E-state index is 0.0108. The number of nitro benzene ring substituents is 1. The number of aromatic nitrogens is 1. The lowest BCUT2D eigenvalue weighted by Crippen LogP contribution is -2.19. The van der Waals surface area contributed by atoms with Crippen molar-refractivity contribution in [3.05, 3.63) is 81.1 Å². The van der Waals surface area contributed by atoms with Crippen LogP contribution >= 0.6 is 11.3 Å². The number of carbonyl (C=O) groups excluding carboxylic acids is 1. The number of nitro groups is 1. The normalized spacial score (nSPS) is 12.0. The second-order valence-electron chi connectivity index (χ2n) is 6.80. The van der Waals surface area contributed by atoms with Gasteiger partial charge in [0.15, 0.2) is 4.80 Å². The summed E-state index contributed by atoms with van der Waals surface area (Å²) < 4.78 is 7.74. The lowest BCUT2D eigenvalue weighted by Gasteiger charge is -2.04. The molecule has 30 heavy (non-hydrogen) atoms. The molecule has 0 saturated heterocycles. The molecule has 0 radical (unpaired) electrons. The minimum Gasteiger partial charge on any atom is -0.383 e. The SMILES string of the molecule is COCCn1c(=NC(=O)Cc2ccc3ccccc3c2)sc2cc([N+](=O)[O-])ccc21. The van der Waals surface area contributed by atoms with Crippen LogP contribution < -0.4 is 4.80 Å². The number of thiazole rings is 1. The molecule has 0 bridgehead atoms. The fraction of sp³-hybridized carbons (Fsp3) is 0.182. The molecule has 0 N–H and O–H groups in total. The highest BCUT2D eigenvalue weighted by atomic mass is 32.1. The summed E-state index contributed by atoms with van der Waals surface area (Å²) in [6.45, 7) is 0.936. The third-order valence-corrected chi connectivity index (χ3v) is 5.83. The molecule has 1 amide bonds. The summed E-state index contributed by atoms with van der Waals surface area (Å²) in [5.41, 5.74) is 1.69. The van der Waals surface area contributed by atoms with Gasteiger partial charge in [-0.15, -0.1) is 0 Å². The summed E-state index contributed by atoms with van der Waals surface area (Å²) in [6, 6.07) is 18.6. The smallest absolute Gasteiger partial charge is 0.270 e. The maximum Gasteiger partial charge on any atom is 0.270 e. The number of ether oxygens (including phenoxy) is 1. The van der Waals surface area contributed by atoms with E-state index in [-0.39, 0.29) is 18.0 Å². The molecule has 3 aromatic carbocycles. The highest BCUT2D eigenvalue weighted by Gasteiger charge is 2.13. The van der Waals surface area contributed by atoms with Gasteiger partial charge in [-0.1, -0.05) is 53.8 Å². The Labute approximate surface area is 176 Å². The second-order valence-corrected chi connectivity index (χ2v) is 7.81. The zero-order valence-electron chi connectivity index (χ0n) is 16.3. The summed E-state index contributed by atoms with van der Waals surface area (Å²) >= 11 is 1.26. The first kappa shape index (κ1) is 19.9. The molecular weight excluding hydrogens is 402 g/mol. The number of amides is 1. The molecular formula is C22H19N3O4S. The molecule has 8 heteroatoms. The van der Waals surface area contributed by atoms with Crippen LogP contribution in [0.5, 0.6) is 0 Å². The fourth-order valence-electron chi connectivity index (χ4n) is 3.33. The molecule has 7 nitrogen and oxygen atoms in total. The van der Waals surface area contributed by atoms with Crippen molar-refractivity contribution in [2.75, 3.05) is 13.7 Å². The molecule has 0 unspecified atom stereocenters. The molecule has 4 aromatic rings. The van der Waals surface area contributed by atoms with Gasteiger partial charge < -0.3 is 9.30 Å². The lowest BCUT2D eigenvalue weighted by molar-refractivity contribution is -0.384. The van der Waals surface area contributed by atoms with Crippen LogP contribution in [0.4, 0.5) is 5.69 Å². The monoisotopic (exact) mass is 421 g/mol. The number of benzene rings is 3. The molecule has 1 aromatic heterocycles. The van der Waals surface area contributed by atoms with Gasteiger partial charge in [0.2, 0.25) is 0 Å². The molecule has 0 aliphatic carbocycles. The molecule has 0 spiro atoms. The van der Waals surface area contributed by atoms with Gasteiger partial charge in [0.25, 0.3) is 11.6 Å². The molecule has 1 heterocycles. The van der Waals surface area contributed by atoms with Crippen LogP contribution in [0.1, 0.15) is 5.56 Å². The maximum atomic E-state index is 12.7. The van der Waals surface area contributed by atoms with Gasteiger partial charge in [0.1, 0.15) is 0 Å². The highest BCUT2D eigenvalue weighted by molar-refractivity contribution is 7.16. The van der Waals surface area contributed by atoms with Crippen molar-refractivity contribution in [2.24, 2.45) is 4.99 Å². The average molecular weight is 421 g/mol. The Balaban J connectivity index is 1.70. The first-order chi connectivity index (χ1) is 14.5. The number of hydrogen-bond acceptors (Lipinski definition) is 5. The Morgan fingerprint density at radius 2 is 1.93 bits per heavy atom. The third-order valence-electron chi connectivity index (χ3n) is 4.79. The topological polar surface area (TPSA) is 86.7 Å². The van der Waals surface area contributed by atoms with Crippen molar-refractivity contribution in [1.82, 2.24) is 4.57 Å². The van der Waals surface area contributed by atoms with Crippen molar-refractivity contribution in [2.45, 2.75) is 13.0 Å². The summed E-state index contributed by atoms with van der Waals surface area (Å²) in [7, 11) is 1.60. The first-order valence-corrected chi connectivity index (χ1v) is 10.2. The van der Waals surface area contributed by atoms with Gasteiger partial charge in [-0.05, 0) is 22.4 Å². The molecule has 0 atom stereocenters. The van der Waals surface area contributed by atoms with Gasteiger partial charge in [-0.3, -0.25) is 14.9 Å². The third kappa shape index (κ3) is 4.14. The Bertz CT molecular complexity index is 1320. The number of nitrogens with zero attached hydrogens (tertiary/aromatic N) is 3. The first-order valence-electron chi connectivity index (χ1n) is 9.37. The van der Waals surface area contributed by atoms with E-state index in [9.17, 15) is 14.9 Å². The van der Waals surface area contributed by atoms with Gasteiger partial charge >= 0.3 is 0 Å². The Morgan fingerprint density at radius 3 is 2.70 bits per heavy atom. The Morgan fingerprint density at radius 1 is 1.13 bits per heavy atom. The van der Waals surface area contributed by atoms with Crippen molar-refractivity contribution in [3.63, 3.8) is 0 Å². The molecule has 0 aliphatic rings. The van der Waals surface area contributed by atoms with Crippen molar-refractivity contribution >= 4 is 43.9 Å². The van der Waals surface area contributed by atoms with Crippen LogP contribution in [0.15, 0.2) is 65.7 Å². The second kappa shape index (κ2) is 8.56. The van der Waals surface area contributed by atoms with Gasteiger partial charge in [0, 0.05) is 25.8 Å². The fourth-order valence-corrected chi connectivity index (χ4v) is 4.44. The van der Waals surface area contributed by atoms with Gasteiger partial charge in [-0.25, -0.2) is 0 Å². The van der Waals surface area contributed by atoms with E-state index in [0.29, 0.717) is 22.7 Å². The molecule has 0 saturated carbocycles. The summed E-state index contributed by atoms with van der Waals surface area (Å²) in [6.07, 6.45) is 0.184. The van der Waals surface area contributed by atoms with Crippen LogP contribution in [0.3, 0.4) is 0 Å². The quantitative estimate of drug-likeness (QED) is 0.347. The largest absolute Gasteiger partial charge is 0.383 e. The molecule has 152 valence electrons. The van der Waals surface area contributed by atoms with Crippen molar-refractivity contribution < 1.29 is 14.5 Å². The van der Waals surface area contributed by atoms with E-state index in [1.165, 1.54) is 23.5 Å². The minimum atomic E-state index is -0.430. The highest BCUT2D eigenvalue weighted by Crippen LogP contribution is 2.23. The van der Waals surface area contributed by atoms with Crippen LogP contribution in [0, 0.1) is 10.1 Å². The van der Waals surface area contributed by atoms with E-state index in [1.54, 1.807) is 13.2 Å². The standard InChI is InChI=1S/C22H19N3O4S/c1-29-11-10-24-19-9-8-18(25(27)28)14-20(19)30-22(24)23-21(26)13-15-6-7-16-4-2-3-5-17(16)12-15/h2-9,12,14H,10-11,13H2,1H3. The van der Waals surface area contributed by atoms with Crippen LogP contribution in [0.2, 0.25) is 0 Å². The predicted octanol–water partition coefficient (Wildman–Crippen LogP) is 4.08. The zero-order valence-corrected chi connectivity index (χ0v) is 17.1. The average Bonchev–Trinajstić information content (AvgIpc) is 3.07. The molecule has 0 fully saturated rings. The van der Waals surface area contributed by atoms with Gasteiger partial charge in [0.05, 0.1) is 28.2 Å².